The predicted molar refractivity (Wildman–Crippen MR) is 277 cm³/mol. The fourth-order valence-electron chi connectivity index (χ4n) is 21.0. The van der Waals surface area contributed by atoms with Crippen molar-refractivity contribution in [3.05, 3.63) is 0 Å². The SMILES string of the molecule is CC1C2(C)CCC(C2)C1(C)C.CC1CC2CCC1(C)C2(C)C.CC1CC2CCC1C2.CCC1C2(C)CCC(C2)C1(C)C.CCC1CC2CCC1(C)C2(C)C.CCC1CC2CCC1C2. The average molecular weight is 872 g/mol. The van der Waals surface area contributed by atoms with Gasteiger partial charge in [-0.1, -0.05) is 157 Å². The highest BCUT2D eigenvalue weighted by Gasteiger charge is 2.62. The Kier molecular flexibility index (Phi) is 14.6. The van der Waals surface area contributed by atoms with Crippen molar-refractivity contribution in [3.63, 3.8) is 0 Å². The molecule has 0 aliphatic heterocycles. The maximum absolute atomic E-state index is 2.54. The summed E-state index contributed by atoms with van der Waals surface area (Å²) in [4.78, 5) is 0. The lowest BCUT2D eigenvalue weighted by atomic mass is 9.63. The Morgan fingerprint density at radius 1 is 0.413 bits per heavy atom. The second-order valence-corrected chi connectivity index (χ2v) is 30.2. The Morgan fingerprint density at radius 3 is 1.14 bits per heavy atom. The molecule has 0 aromatic heterocycles. The zero-order valence-electron chi connectivity index (χ0n) is 46.3. The molecule has 0 aromatic carbocycles. The van der Waals surface area contributed by atoms with Gasteiger partial charge in [-0.05, 0) is 242 Å². The van der Waals surface area contributed by atoms with Gasteiger partial charge < -0.3 is 0 Å². The van der Waals surface area contributed by atoms with Crippen LogP contribution in [0, 0.1) is 126 Å². The molecule has 0 aromatic rings. The van der Waals surface area contributed by atoms with Gasteiger partial charge in [0, 0.05) is 0 Å². The topological polar surface area (TPSA) is 0 Å². The van der Waals surface area contributed by atoms with Crippen LogP contribution in [0.2, 0.25) is 0 Å². The van der Waals surface area contributed by atoms with Crippen LogP contribution >= 0.6 is 0 Å². The molecule has 12 rings (SSSR count). The molecule has 0 radical (unpaired) electrons. The van der Waals surface area contributed by atoms with Crippen molar-refractivity contribution >= 4 is 0 Å². The fraction of sp³-hybridized carbons (Fsp3) is 1.00. The molecule has 12 aliphatic rings. The molecular formula is C63H114. The van der Waals surface area contributed by atoms with Crippen molar-refractivity contribution in [1.82, 2.24) is 0 Å². The molecule has 18 atom stereocenters. The van der Waals surface area contributed by atoms with Crippen molar-refractivity contribution in [3.8, 4) is 0 Å². The summed E-state index contributed by atoms with van der Waals surface area (Å²) in [6.45, 7) is 44.4. The minimum absolute atomic E-state index is 0.631. The zero-order chi connectivity index (χ0) is 46.3. The van der Waals surface area contributed by atoms with E-state index in [1.165, 1.54) is 96.3 Å². The molecule has 12 fully saturated rings. The number of fused-ring (bicyclic) bond motifs is 12. The summed E-state index contributed by atoms with van der Waals surface area (Å²) < 4.78 is 0. The van der Waals surface area contributed by atoms with Gasteiger partial charge in [0.25, 0.3) is 0 Å². The van der Waals surface area contributed by atoms with E-state index in [-0.39, 0.29) is 0 Å². The first-order valence-corrected chi connectivity index (χ1v) is 29.2. The molecule has 0 heterocycles. The lowest BCUT2D eigenvalue weighted by molar-refractivity contribution is 0.0714. The van der Waals surface area contributed by atoms with Crippen LogP contribution in [0.3, 0.4) is 0 Å². The average Bonchev–Trinajstić information content (AvgIpc) is 4.12. The highest BCUT2D eigenvalue weighted by Crippen LogP contribution is 2.70. The van der Waals surface area contributed by atoms with Crippen LogP contribution in [-0.4, -0.2) is 0 Å². The van der Waals surface area contributed by atoms with E-state index in [2.05, 4.69) is 125 Å². The molecule has 0 nitrogen and oxygen atoms in total. The molecular weight excluding hydrogens is 757 g/mol. The van der Waals surface area contributed by atoms with Gasteiger partial charge >= 0.3 is 0 Å². The minimum atomic E-state index is 0.631. The van der Waals surface area contributed by atoms with Gasteiger partial charge in [-0.15, -0.1) is 0 Å². The summed E-state index contributed by atoms with van der Waals surface area (Å²) in [6.07, 6.45) is 34.7. The Morgan fingerprint density at radius 2 is 0.921 bits per heavy atom. The Labute approximate surface area is 396 Å². The van der Waals surface area contributed by atoms with E-state index in [4.69, 9.17) is 0 Å². The first kappa shape index (κ1) is 50.9. The van der Waals surface area contributed by atoms with Gasteiger partial charge in [0.2, 0.25) is 0 Å². The Balaban J connectivity index is 0.000000114. The molecule has 18 unspecified atom stereocenters. The van der Waals surface area contributed by atoms with E-state index in [0.29, 0.717) is 43.3 Å². The quantitative estimate of drug-likeness (QED) is 0.265. The smallest absolute Gasteiger partial charge is 0.0244 e. The van der Waals surface area contributed by atoms with Gasteiger partial charge in [0.15, 0.2) is 0 Å². The lowest BCUT2D eigenvalue weighted by Crippen LogP contribution is -2.34. The van der Waals surface area contributed by atoms with Gasteiger partial charge in [-0.3, -0.25) is 0 Å². The molecule has 0 saturated heterocycles. The van der Waals surface area contributed by atoms with Gasteiger partial charge in [0.1, 0.15) is 0 Å². The normalized spacial score (nSPS) is 51.3. The Hall–Kier alpha value is 0. The van der Waals surface area contributed by atoms with Gasteiger partial charge in [-0.25, -0.2) is 0 Å². The molecule has 12 saturated carbocycles. The van der Waals surface area contributed by atoms with E-state index in [9.17, 15) is 0 Å². The van der Waals surface area contributed by atoms with Crippen LogP contribution in [0.1, 0.15) is 272 Å². The summed E-state index contributed by atoms with van der Waals surface area (Å²) >= 11 is 0. The maximum Gasteiger partial charge on any atom is -0.0244 e. The second-order valence-electron chi connectivity index (χ2n) is 30.2. The van der Waals surface area contributed by atoms with Crippen molar-refractivity contribution in [2.75, 3.05) is 0 Å². The van der Waals surface area contributed by atoms with E-state index in [0.717, 1.165) is 82.9 Å². The molecule has 12 aliphatic carbocycles. The zero-order valence-corrected chi connectivity index (χ0v) is 46.3. The molecule has 366 valence electrons. The van der Waals surface area contributed by atoms with Gasteiger partial charge in [0.05, 0.1) is 0 Å². The predicted octanol–water partition coefficient (Wildman–Crippen LogP) is 19.9. The maximum atomic E-state index is 2.54. The lowest BCUT2D eigenvalue weighted by Gasteiger charge is -2.42. The molecule has 0 heteroatoms. The third kappa shape index (κ3) is 8.72. The molecule has 0 N–H and O–H groups in total. The highest BCUT2D eigenvalue weighted by atomic mass is 14.7. The van der Waals surface area contributed by atoms with Crippen molar-refractivity contribution in [2.45, 2.75) is 272 Å². The third-order valence-corrected chi connectivity index (χ3v) is 27.2. The summed E-state index contributed by atoms with van der Waals surface area (Å²) in [5.41, 5.74) is 5.29. The van der Waals surface area contributed by atoms with Crippen molar-refractivity contribution in [2.24, 2.45) is 126 Å². The molecule has 0 spiro atoms. The number of hydrogen-bond donors (Lipinski definition) is 0. The van der Waals surface area contributed by atoms with Crippen molar-refractivity contribution in [1.29, 1.82) is 0 Å². The van der Waals surface area contributed by atoms with Crippen molar-refractivity contribution < 1.29 is 0 Å². The summed E-state index contributed by atoms with van der Waals surface area (Å²) in [5.74, 6) is 14.8. The first-order chi connectivity index (χ1) is 29.2. The summed E-state index contributed by atoms with van der Waals surface area (Å²) in [6, 6.07) is 0. The van der Waals surface area contributed by atoms with E-state index >= 15 is 0 Å². The second kappa shape index (κ2) is 18.1. The molecule has 0 amide bonds. The van der Waals surface area contributed by atoms with Gasteiger partial charge in [-0.2, -0.15) is 0 Å². The molecule has 12 bridgehead atoms. The van der Waals surface area contributed by atoms with Crippen LogP contribution in [0.25, 0.3) is 0 Å². The fourth-order valence-corrected chi connectivity index (χ4v) is 21.0. The third-order valence-electron chi connectivity index (χ3n) is 27.2. The highest BCUT2D eigenvalue weighted by molar-refractivity contribution is 5.11. The van der Waals surface area contributed by atoms with E-state index in [1.807, 2.05) is 0 Å². The van der Waals surface area contributed by atoms with Crippen LogP contribution in [0.15, 0.2) is 0 Å². The first-order valence-electron chi connectivity index (χ1n) is 29.2. The standard InChI is InChI=1S/2C12H22.2C11H20.C9H16.C8H14/c1-5-10-11(2,3)9-6-7-12(10,4)8-9;1-5-9-8-10-6-7-12(9,4)11(10,2)3;1-8-10(2,3)9-5-6-11(8,4)7-9;1-8-7-9-5-6-11(8,4)10(9,2)3;1-2-8-5-7-3-4-9(8)6-7;1-6-4-7-2-3-8(6)5-7/h2*9-10H,5-8H2,1-4H3;2*8-9H,5-7H2,1-4H3;7-9H,2-6H2,1H3;6-8H,2-5H2,1H3. The number of rotatable bonds is 3. The number of hydrogen-bond acceptors (Lipinski definition) is 0. The molecule has 63 heavy (non-hydrogen) atoms. The van der Waals surface area contributed by atoms with Crippen LogP contribution in [-0.2, 0) is 0 Å². The summed E-state index contributed by atoms with van der Waals surface area (Å²) in [7, 11) is 0. The summed E-state index contributed by atoms with van der Waals surface area (Å²) in [5, 5.41) is 0. The van der Waals surface area contributed by atoms with Crippen LogP contribution in [0.4, 0.5) is 0 Å². The minimum Gasteiger partial charge on any atom is -0.0651 e. The monoisotopic (exact) mass is 871 g/mol. The Bertz CT molecular complexity index is 1510. The van der Waals surface area contributed by atoms with E-state index in [1.54, 1.807) is 51.4 Å². The largest absolute Gasteiger partial charge is 0.0651 e. The van der Waals surface area contributed by atoms with E-state index < -0.39 is 0 Å². The van der Waals surface area contributed by atoms with Crippen LogP contribution < -0.4 is 0 Å². The van der Waals surface area contributed by atoms with Crippen LogP contribution in [0.5, 0.6) is 0 Å².